The molecule has 1 aromatic carbocycles. The number of hydrogen-bond acceptors (Lipinski definition) is 2. The molecule has 0 bridgehead atoms. The third kappa shape index (κ3) is 4.47. The van der Waals surface area contributed by atoms with Crippen LogP contribution in [0.25, 0.3) is 0 Å². The van der Waals surface area contributed by atoms with Gasteiger partial charge in [0.15, 0.2) is 0 Å². The molecule has 0 saturated heterocycles. The van der Waals surface area contributed by atoms with Crippen LogP contribution in [0.5, 0.6) is 5.75 Å². The smallest absolute Gasteiger partial charge is 0.118 e. The van der Waals surface area contributed by atoms with E-state index in [2.05, 4.69) is 43.4 Å². The fourth-order valence-corrected chi connectivity index (χ4v) is 3.65. The van der Waals surface area contributed by atoms with Gasteiger partial charge in [0.1, 0.15) is 5.75 Å². The molecule has 0 heterocycles. The largest absolute Gasteiger partial charge is 0.497 e. The third-order valence-corrected chi connectivity index (χ3v) is 5.11. The summed E-state index contributed by atoms with van der Waals surface area (Å²) in [6.07, 6.45) is 9.19. The van der Waals surface area contributed by atoms with Gasteiger partial charge in [-0.25, -0.2) is 0 Å². The van der Waals surface area contributed by atoms with Gasteiger partial charge >= 0.3 is 0 Å². The minimum absolute atomic E-state index is 0.502. The summed E-state index contributed by atoms with van der Waals surface area (Å²) in [7, 11) is 1.72. The molecule has 1 aliphatic carbocycles. The predicted octanol–water partition coefficient (Wildman–Crippen LogP) is 4.58. The molecular weight excluding hydrogens is 258 g/mol. The van der Waals surface area contributed by atoms with Crippen LogP contribution in [-0.4, -0.2) is 19.7 Å². The number of hydrogen-bond donors (Lipinski definition) is 1. The molecule has 21 heavy (non-hydrogen) atoms. The van der Waals surface area contributed by atoms with Gasteiger partial charge in [0, 0.05) is 6.04 Å². The molecule has 0 radical (unpaired) electrons. The van der Waals surface area contributed by atoms with Gasteiger partial charge in [0.2, 0.25) is 0 Å². The van der Waals surface area contributed by atoms with E-state index in [9.17, 15) is 0 Å². The number of rotatable bonds is 8. The second-order valence-corrected chi connectivity index (χ2v) is 6.75. The Morgan fingerprint density at radius 2 is 1.86 bits per heavy atom. The first-order valence-corrected chi connectivity index (χ1v) is 8.54. The van der Waals surface area contributed by atoms with Crippen molar-refractivity contribution in [2.24, 2.45) is 5.41 Å². The summed E-state index contributed by atoms with van der Waals surface area (Å²) < 4.78 is 5.23. The van der Waals surface area contributed by atoms with Crippen molar-refractivity contribution in [3.05, 3.63) is 29.8 Å². The highest BCUT2D eigenvalue weighted by Gasteiger charge is 2.36. The van der Waals surface area contributed by atoms with Crippen molar-refractivity contribution in [1.29, 1.82) is 0 Å². The Balaban J connectivity index is 1.94. The van der Waals surface area contributed by atoms with Gasteiger partial charge < -0.3 is 10.1 Å². The van der Waals surface area contributed by atoms with Crippen molar-refractivity contribution < 1.29 is 4.74 Å². The number of nitrogens with one attached hydrogen (secondary N) is 1. The maximum absolute atomic E-state index is 5.23. The van der Waals surface area contributed by atoms with Gasteiger partial charge in [-0.15, -0.1) is 0 Å². The second kappa shape index (κ2) is 7.84. The van der Waals surface area contributed by atoms with Crippen molar-refractivity contribution >= 4 is 0 Å². The lowest BCUT2D eigenvalue weighted by Crippen LogP contribution is -2.42. The first-order chi connectivity index (χ1) is 10.2. The average Bonchev–Trinajstić information content (AvgIpc) is 2.95. The topological polar surface area (TPSA) is 21.3 Å². The Hall–Kier alpha value is -1.02. The molecule has 118 valence electrons. The lowest BCUT2D eigenvalue weighted by molar-refractivity contribution is 0.210. The van der Waals surface area contributed by atoms with Gasteiger partial charge in [-0.05, 0) is 61.8 Å². The van der Waals surface area contributed by atoms with Crippen LogP contribution in [-0.2, 0) is 6.42 Å². The molecule has 1 aromatic rings. The highest BCUT2D eigenvalue weighted by atomic mass is 16.5. The molecule has 1 atom stereocenters. The normalized spacial score (nSPS) is 18.6. The van der Waals surface area contributed by atoms with E-state index in [-0.39, 0.29) is 0 Å². The van der Waals surface area contributed by atoms with Crippen LogP contribution < -0.4 is 10.1 Å². The molecular formula is C19H31NO. The Labute approximate surface area is 130 Å². The summed E-state index contributed by atoms with van der Waals surface area (Å²) in [5.41, 5.74) is 1.92. The van der Waals surface area contributed by atoms with Crippen LogP contribution in [0.3, 0.4) is 0 Å². The van der Waals surface area contributed by atoms with Crippen molar-refractivity contribution in [2.75, 3.05) is 13.7 Å². The molecule has 1 N–H and O–H groups in total. The summed E-state index contributed by atoms with van der Waals surface area (Å²) in [5.74, 6) is 0.946. The van der Waals surface area contributed by atoms with E-state index in [1.807, 2.05) is 0 Å². The molecule has 0 aromatic heterocycles. The van der Waals surface area contributed by atoms with Crippen molar-refractivity contribution in [3.8, 4) is 5.75 Å². The lowest BCUT2D eigenvalue weighted by atomic mass is 9.78. The number of benzene rings is 1. The monoisotopic (exact) mass is 289 g/mol. The minimum Gasteiger partial charge on any atom is -0.497 e. The van der Waals surface area contributed by atoms with Crippen LogP contribution in [0.1, 0.15) is 57.9 Å². The molecule has 2 heteroatoms. The van der Waals surface area contributed by atoms with Gasteiger partial charge in [-0.3, -0.25) is 0 Å². The summed E-state index contributed by atoms with van der Waals surface area (Å²) in [4.78, 5) is 0. The highest BCUT2D eigenvalue weighted by Crippen LogP contribution is 2.41. The zero-order chi connectivity index (χ0) is 15.1. The van der Waals surface area contributed by atoms with Crippen molar-refractivity contribution in [3.63, 3.8) is 0 Å². The van der Waals surface area contributed by atoms with E-state index in [1.165, 1.54) is 44.1 Å². The van der Waals surface area contributed by atoms with Crippen LogP contribution in [0.15, 0.2) is 24.3 Å². The second-order valence-electron chi connectivity index (χ2n) is 6.75. The zero-order valence-corrected chi connectivity index (χ0v) is 14.0. The van der Waals surface area contributed by atoms with Crippen LogP contribution in [0, 0.1) is 5.41 Å². The molecule has 1 aliphatic rings. The van der Waals surface area contributed by atoms with E-state index in [0.717, 1.165) is 18.7 Å². The van der Waals surface area contributed by atoms with Gasteiger partial charge in [-0.2, -0.15) is 0 Å². The summed E-state index contributed by atoms with van der Waals surface area (Å²) in [6.45, 7) is 5.88. The predicted molar refractivity (Wildman–Crippen MR) is 90.0 cm³/mol. The molecule has 0 amide bonds. The molecule has 1 fully saturated rings. The zero-order valence-electron chi connectivity index (χ0n) is 14.0. The Morgan fingerprint density at radius 3 is 2.43 bits per heavy atom. The summed E-state index contributed by atoms with van der Waals surface area (Å²) in [6, 6.07) is 9.20. The maximum Gasteiger partial charge on any atom is 0.118 e. The number of aryl methyl sites for hydroxylation is 1. The van der Waals surface area contributed by atoms with Gasteiger partial charge in [-0.1, -0.05) is 38.8 Å². The standard InChI is InChI=1S/C19H31NO/c1-4-15-20-18(19(2)13-5-6-14-19)12-9-16-7-10-17(21-3)11-8-16/h7-8,10-11,18,20H,4-6,9,12-15H2,1-3H3. The maximum atomic E-state index is 5.23. The fraction of sp³-hybridized carbons (Fsp3) is 0.684. The number of ether oxygens (including phenoxy) is 1. The third-order valence-electron chi connectivity index (χ3n) is 5.11. The van der Waals surface area contributed by atoms with E-state index in [4.69, 9.17) is 4.74 Å². The fourth-order valence-electron chi connectivity index (χ4n) is 3.65. The highest BCUT2D eigenvalue weighted by molar-refractivity contribution is 5.27. The Bertz CT molecular complexity index is 406. The molecule has 2 rings (SSSR count). The lowest BCUT2D eigenvalue weighted by Gasteiger charge is -2.35. The molecule has 1 unspecified atom stereocenters. The van der Waals surface area contributed by atoms with Crippen molar-refractivity contribution in [1.82, 2.24) is 5.32 Å². The van der Waals surface area contributed by atoms with Gasteiger partial charge in [0.25, 0.3) is 0 Å². The van der Waals surface area contributed by atoms with E-state index < -0.39 is 0 Å². The Morgan fingerprint density at radius 1 is 1.19 bits per heavy atom. The number of methoxy groups -OCH3 is 1. The van der Waals surface area contributed by atoms with E-state index in [0.29, 0.717) is 11.5 Å². The Kier molecular flexibility index (Phi) is 6.10. The summed E-state index contributed by atoms with van der Waals surface area (Å²) >= 11 is 0. The van der Waals surface area contributed by atoms with Crippen LogP contribution in [0.4, 0.5) is 0 Å². The molecule has 0 aliphatic heterocycles. The molecule has 1 saturated carbocycles. The first kappa shape index (κ1) is 16.4. The SMILES string of the molecule is CCCNC(CCc1ccc(OC)cc1)C1(C)CCCC1. The van der Waals surface area contributed by atoms with E-state index in [1.54, 1.807) is 7.11 Å². The summed E-state index contributed by atoms with van der Waals surface area (Å²) in [5, 5.41) is 3.82. The molecule has 0 spiro atoms. The van der Waals surface area contributed by atoms with Crippen LogP contribution >= 0.6 is 0 Å². The van der Waals surface area contributed by atoms with Gasteiger partial charge in [0.05, 0.1) is 7.11 Å². The van der Waals surface area contributed by atoms with E-state index >= 15 is 0 Å². The average molecular weight is 289 g/mol. The quantitative estimate of drug-likeness (QED) is 0.756. The van der Waals surface area contributed by atoms with Crippen molar-refractivity contribution in [2.45, 2.75) is 64.8 Å². The van der Waals surface area contributed by atoms with Crippen LogP contribution in [0.2, 0.25) is 0 Å². The first-order valence-electron chi connectivity index (χ1n) is 8.54. The minimum atomic E-state index is 0.502. The molecule has 2 nitrogen and oxygen atoms in total.